The molecule has 0 saturated carbocycles. The topological polar surface area (TPSA) is 46.3 Å². The minimum Gasteiger partial charge on any atom is -0.337 e. The van der Waals surface area contributed by atoms with E-state index in [0.29, 0.717) is 32.0 Å². The van der Waals surface area contributed by atoms with Gasteiger partial charge in [0.05, 0.1) is 0 Å². The van der Waals surface area contributed by atoms with Gasteiger partial charge in [-0.15, -0.1) is 0 Å². The molecule has 0 aliphatic rings. The molecule has 2 N–H and O–H groups in total. The fourth-order valence-corrected chi connectivity index (χ4v) is 2.80. The van der Waals surface area contributed by atoms with E-state index in [0.717, 1.165) is 12.0 Å². The third-order valence-corrected chi connectivity index (χ3v) is 3.45. The molecule has 0 bridgehead atoms. The van der Waals surface area contributed by atoms with Crippen molar-refractivity contribution in [3.8, 4) is 0 Å². The van der Waals surface area contributed by atoms with Crippen LogP contribution in [0.1, 0.15) is 46.1 Å². The molecule has 0 aliphatic carbocycles. The molecular formula is C18H30N2O. The minimum absolute atomic E-state index is 0.209. The Balaban J connectivity index is 2.61. The maximum atomic E-state index is 12.5. The standard InChI is InChI=1S/C18H30N2O/c1-15(13-18(2,3)4)12-17(21)20(11-10-19)14-16-8-6-5-7-9-16/h5-9,15H,10-14,19H2,1-4H3. The van der Waals surface area contributed by atoms with Gasteiger partial charge in [0.25, 0.3) is 0 Å². The minimum atomic E-state index is 0.209. The van der Waals surface area contributed by atoms with E-state index in [1.54, 1.807) is 0 Å². The third-order valence-electron chi connectivity index (χ3n) is 3.45. The lowest BCUT2D eigenvalue weighted by Gasteiger charge is -2.27. The highest BCUT2D eigenvalue weighted by Gasteiger charge is 2.20. The Morgan fingerprint density at radius 2 is 1.86 bits per heavy atom. The highest BCUT2D eigenvalue weighted by molar-refractivity contribution is 5.76. The summed E-state index contributed by atoms with van der Waals surface area (Å²) >= 11 is 0. The Bertz CT molecular complexity index is 423. The van der Waals surface area contributed by atoms with Crippen LogP contribution in [0.4, 0.5) is 0 Å². The quantitative estimate of drug-likeness (QED) is 0.836. The zero-order valence-corrected chi connectivity index (χ0v) is 13.9. The number of nitrogens with zero attached hydrogens (tertiary/aromatic N) is 1. The lowest BCUT2D eigenvalue weighted by Crippen LogP contribution is -2.36. The largest absolute Gasteiger partial charge is 0.337 e. The molecule has 1 atom stereocenters. The Morgan fingerprint density at radius 1 is 1.24 bits per heavy atom. The first kappa shape index (κ1) is 17.7. The molecule has 1 aromatic rings. The molecule has 1 rings (SSSR count). The van der Waals surface area contributed by atoms with Gasteiger partial charge in [0.2, 0.25) is 5.91 Å². The van der Waals surface area contributed by atoms with Gasteiger partial charge in [-0.1, -0.05) is 58.0 Å². The number of hydrogen-bond acceptors (Lipinski definition) is 2. The summed E-state index contributed by atoms with van der Waals surface area (Å²) in [6.45, 7) is 10.6. The molecular weight excluding hydrogens is 260 g/mol. The van der Waals surface area contributed by atoms with Crippen molar-refractivity contribution in [1.29, 1.82) is 0 Å². The van der Waals surface area contributed by atoms with E-state index in [2.05, 4.69) is 39.8 Å². The van der Waals surface area contributed by atoms with Crippen LogP contribution >= 0.6 is 0 Å². The summed E-state index contributed by atoms with van der Waals surface area (Å²) in [5.41, 5.74) is 7.08. The Morgan fingerprint density at radius 3 is 2.38 bits per heavy atom. The summed E-state index contributed by atoms with van der Waals surface area (Å²) in [4.78, 5) is 14.4. The molecule has 0 aromatic heterocycles. The molecule has 21 heavy (non-hydrogen) atoms. The number of benzene rings is 1. The van der Waals surface area contributed by atoms with E-state index in [-0.39, 0.29) is 11.3 Å². The second-order valence-electron chi connectivity index (χ2n) is 7.16. The fourth-order valence-electron chi connectivity index (χ4n) is 2.80. The average molecular weight is 290 g/mol. The van der Waals surface area contributed by atoms with E-state index in [9.17, 15) is 4.79 Å². The highest BCUT2D eigenvalue weighted by Crippen LogP contribution is 2.26. The van der Waals surface area contributed by atoms with Crippen LogP contribution in [-0.4, -0.2) is 23.9 Å². The van der Waals surface area contributed by atoms with Crippen LogP contribution in [0.5, 0.6) is 0 Å². The molecule has 0 fully saturated rings. The van der Waals surface area contributed by atoms with Crippen molar-refractivity contribution in [2.45, 2.75) is 47.1 Å². The number of hydrogen-bond donors (Lipinski definition) is 1. The first-order chi connectivity index (χ1) is 9.81. The molecule has 1 amide bonds. The number of carbonyl (C=O) groups is 1. The molecule has 0 spiro atoms. The van der Waals surface area contributed by atoms with Gasteiger partial charge in [0.15, 0.2) is 0 Å². The SMILES string of the molecule is CC(CC(=O)N(CCN)Cc1ccccc1)CC(C)(C)C. The molecule has 0 aliphatic heterocycles. The fraction of sp³-hybridized carbons (Fsp3) is 0.611. The summed E-state index contributed by atoms with van der Waals surface area (Å²) in [6.07, 6.45) is 1.66. The van der Waals surface area contributed by atoms with Gasteiger partial charge in [-0.3, -0.25) is 4.79 Å². The van der Waals surface area contributed by atoms with Crippen LogP contribution in [-0.2, 0) is 11.3 Å². The van der Waals surface area contributed by atoms with Gasteiger partial charge in [-0.25, -0.2) is 0 Å². The van der Waals surface area contributed by atoms with E-state index in [1.807, 2.05) is 23.1 Å². The molecule has 0 saturated heterocycles. The average Bonchev–Trinajstić information content (AvgIpc) is 2.37. The molecule has 1 unspecified atom stereocenters. The van der Waals surface area contributed by atoms with Crippen molar-refractivity contribution >= 4 is 5.91 Å². The van der Waals surface area contributed by atoms with Gasteiger partial charge in [0, 0.05) is 26.1 Å². The molecule has 118 valence electrons. The van der Waals surface area contributed by atoms with Crippen LogP contribution in [0.15, 0.2) is 30.3 Å². The smallest absolute Gasteiger partial charge is 0.223 e. The number of nitrogens with two attached hydrogens (primary N) is 1. The molecule has 3 heteroatoms. The predicted molar refractivity (Wildman–Crippen MR) is 88.8 cm³/mol. The Kier molecular flexibility index (Phi) is 6.90. The lowest BCUT2D eigenvalue weighted by atomic mass is 9.84. The van der Waals surface area contributed by atoms with E-state index >= 15 is 0 Å². The third kappa shape index (κ3) is 7.28. The summed E-state index contributed by atoms with van der Waals surface area (Å²) < 4.78 is 0. The summed E-state index contributed by atoms with van der Waals surface area (Å²) in [6, 6.07) is 10.1. The Hall–Kier alpha value is -1.35. The highest BCUT2D eigenvalue weighted by atomic mass is 16.2. The molecule has 1 aromatic carbocycles. The van der Waals surface area contributed by atoms with E-state index < -0.39 is 0 Å². The molecule has 3 nitrogen and oxygen atoms in total. The predicted octanol–water partition coefficient (Wildman–Crippen LogP) is 3.44. The zero-order chi connectivity index (χ0) is 15.9. The summed E-state index contributed by atoms with van der Waals surface area (Å²) in [7, 11) is 0. The second kappa shape index (κ2) is 8.18. The number of amides is 1. The van der Waals surface area contributed by atoms with Crippen molar-refractivity contribution in [2.75, 3.05) is 13.1 Å². The van der Waals surface area contributed by atoms with E-state index in [1.165, 1.54) is 0 Å². The maximum Gasteiger partial charge on any atom is 0.223 e. The van der Waals surface area contributed by atoms with Crippen LogP contribution < -0.4 is 5.73 Å². The second-order valence-corrected chi connectivity index (χ2v) is 7.16. The van der Waals surface area contributed by atoms with Crippen LogP contribution in [0.2, 0.25) is 0 Å². The first-order valence-corrected chi connectivity index (χ1v) is 7.83. The maximum absolute atomic E-state index is 12.5. The zero-order valence-electron chi connectivity index (χ0n) is 13.9. The first-order valence-electron chi connectivity index (χ1n) is 7.83. The monoisotopic (exact) mass is 290 g/mol. The van der Waals surface area contributed by atoms with Gasteiger partial charge in [0.1, 0.15) is 0 Å². The summed E-state index contributed by atoms with van der Waals surface area (Å²) in [5, 5.41) is 0. The van der Waals surface area contributed by atoms with Crippen LogP contribution in [0, 0.1) is 11.3 Å². The molecule has 0 heterocycles. The van der Waals surface area contributed by atoms with E-state index in [4.69, 9.17) is 5.73 Å². The molecule has 0 radical (unpaired) electrons. The van der Waals surface area contributed by atoms with Crippen molar-refractivity contribution < 1.29 is 4.79 Å². The normalized spacial score (nSPS) is 13.0. The van der Waals surface area contributed by atoms with Crippen molar-refractivity contribution in [2.24, 2.45) is 17.1 Å². The van der Waals surface area contributed by atoms with Gasteiger partial charge in [-0.05, 0) is 23.3 Å². The van der Waals surface area contributed by atoms with Gasteiger partial charge >= 0.3 is 0 Å². The summed E-state index contributed by atoms with van der Waals surface area (Å²) in [5.74, 6) is 0.606. The van der Waals surface area contributed by atoms with Crippen molar-refractivity contribution in [3.63, 3.8) is 0 Å². The van der Waals surface area contributed by atoms with Crippen molar-refractivity contribution in [3.05, 3.63) is 35.9 Å². The van der Waals surface area contributed by atoms with Gasteiger partial charge in [-0.2, -0.15) is 0 Å². The van der Waals surface area contributed by atoms with Crippen LogP contribution in [0.3, 0.4) is 0 Å². The van der Waals surface area contributed by atoms with Crippen LogP contribution in [0.25, 0.3) is 0 Å². The van der Waals surface area contributed by atoms with Gasteiger partial charge < -0.3 is 10.6 Å². The lowest BCUT2D eigenvalue weighted by molar-refractivity contribution is -0.132. The van der Waals surface area contributed by atoms with Crippen molar-refractivity contribution in [1.82, 2.24) is 4.90 Å². The Labute approximate surface area is 129 Å². The number of rotatable bonds is 7. The number of carbonyl (C=O) groups excluding carboxylic acids is 1.